The lowest BCUT2D eigenvalue weighted by Crippen LogP contribution is -2.31. The summed E-state index contributed by atoms with van der Waals surface area (Å²) in [6.07, 6.45) is 0.608. The van der Waals surface area contributed by atoms with Gasteiger partial charge in [-0.05, 0) is 47.9 Å². The van der Waals surface area contributed by atoms with Crippen LogP contribution in [0.25, 0.3) is 11.0 Å². The maximum atomic E-state index is 13.6. The van der Waals surface area contributed by atoms with Crippen molar-refractivity contribution in [3.8, 4) is 0 Å². The molecule has 2 heterocycles. The number of halogens is 1. The fourth-order valence-corrected chi connectivity index (χ4v) is 4.56. The minimum absolute atomic E-state index is 0.0370. The third-order valence-electron chi connectivity index (χ3n) is 6.06. The molecule has 3 aromatic carbocycles. The lowest BCUT2D eigenvalue weighted by atomic mass is 9.97. The zero-order chi connectivity index (χ0) is 23.8. The van der Waals surface area contributed by atoms with Crippen LogP contribution in [0.15, 0.2) is 82.0 Å². The molecule has 0 radical (unpaired) electrons. The van der Waals surface area contributed by atoms with Crippen LogP contribution in [0.1, 0.15) is 43.6 Å². The lowest BCUT2D eigenvalue weighted by molar-refractivity contribution is 0.0600. The molecule has 1 atom stereocenters. The highest BCUT2D eigenvalue weighted by Crippen LogP contribution is 2.38. The first kappa shape index (κ1) is 21.9. The lowest BCUT2D eigenvalue weighted by Gasteiger charge is -2.25. The first-order valence-electron chi connectivity index (χ1n) is 10.8. The number of fused-ring (bicyclic) bond motifs is 2. The highest BCUT2D eigenvalue weighted by Gasteiger charge is 2.42. The van der Waals surface area contributed by atoms with Gasteiger partial charge >= 0.3 is 5.97 Å². The van der Waals surface area contributed by atoms with E-state index >= 15 is 0 Å². The fourth-order valence-electron chi connectivity index (χ4n) is 4.38. The molecule has 1 aromatic heterocycles. The summed E-state index contributed by atoms with van der Waals surface area (Å²) >= 11 is 6.13. The number of methoxy groups -OCH3 is 1. The molecule has 0 bridgehead atoms. The highest BCUT2D eigenvalue weighted by molar-refractivity contribution is 6.31. The summed E-state index contributed by atoms with van der Waals surface area (Å²) in [5, 5.41) is 0.726. The van der Waals surface area contributed by atoms with Crippen molar-refractivity contribution in [1.82, 2.24) is 4.90 Å². The van der Waals surface area contributed by atoms with Crippen molar-refractivity contribution < 1.29 is 18.7 Å². The van der Waals surface area contributed by atoms with Crippen LogP contribution in [-0.2, 0) is 11.2 Å². The summed E-state index contributed by atoms with van der Waals surface area (Å²) in [6, 6.07) is 20.6. The van der Waals surface area contributed by atoms with E-state index in [0.717, 1.165) is 5.56 Å². The second-order valence-corrected chi connectivity index (χ2v) is 8.50. The second kappa shape index (κ2) is 8.80. The van der Waals surface area contributed by atoms with E-state index in [9.17, 15) is 14.4 Å². The Morgan fingerprint density at radius 2 is 1.76 bits per heavy atom. The van der Waals surface area contributed by atoms with Crippen LogP contribution in [0, 0.1) is 0 Å². The summed E-state index contributed by atoms with van der Waals surface area (Å²) in [6.45, 7) is 0.382. The van der Waals surface area contributed by atoms with Crippen LogP contribution < -0.4 is 5.43 Å². The smallest absolute Gasteiger partial charge is 0.337 e. The number of nitrogens with zero attached hydrogens (tertiary/aromatic N) is 1. The third kappa shape index (κ3) is 3.76. The Hall–Kier alpha value is -3.90. The molecule has 1 aliphatic heterocycles. The Labute approximate surface area is 200 Å². The Kier molecular flexibility index (Phi) is 5.67. The molecule has 1 unspecified atom stereocenters. The first-order valence-corrected chi connectivity index (χ1v) is 11.1. The van der Waals surface area contributed by atoms with Crippen molar-refractivity contribution in [3.05, 3.63) is 116 Å². The molecule has 0 spiro atoms. The molecule has 0 fully saturated rings. The molecule has 34 heavy (non-hydrogen) atoms. The summed E-state index contributed by atoms with van der Waals surface area (Å²) < 4.78 is 10.7. The SMILES string of the molecule is COC(=O)c1ccc(C2c3c(oc4ccc(Cl)cc4c3=O)C(=O)N2CCc2ccccc2)cc1. The molecule has 4 aromatic rings. The molecule has 1 aliphatic rings. The zero-order valence-electron chi connectivity index (χ0n) is 18.3. The van der Waals surface area contributed by atoms with Crippen molar-refractivity contribution in [2.45, 2.75) is 12.5 Å². The number of hydrogen-bond donors (Lipinski definition) is 0. The van der Waals surface area contributed by atoms with E-state index in [1.807, 2.05) is 30.3 Å². The number of benzene rings is 3. The van der Waals surface area contributed by atoms with Crippen molar-refractivity contribution in [2.75, 3.05) is 13.7 Å². The van der Waals surface area contributed by atoms with Gasteiger partial charge in [0.2, 0.25) is 5.76 Å². The van der Waals surface area contributed by atoms with Crippen molar-refractivity contribution in [3.63, 3.8) is 0 Å². The maximum Gasteiger partial charge on any atom is 0.337 e. The van der Waals surface area contributed by atoms with E-state index in [1.54, 1.807) is 47.4 Å². The predicted octanol–water partition coefficient (Wildman–Crippen LogP) is 5.02. The average molecular weight is 474 g/mol. The minimum Gasteiger partial charge on any atom is -0.465 e. The predicted molar refractivity (Wildman–Crippen MR) is 128 cm³/mol. The summed E-state index contributed by atoms with van der Waals surface area (Å²) in [5.41, 5.74) is 2.44. The van der Waals surface area contributed by atoms with E-state index in [-0.39, 0.29) is 22.7 Å². The molecule has 0 aliphatic carbocycles. The minimum atomic E-state index is -0.655. The van der Waals surface area contributed by atoms with Gasteiger partial charge in [0.05, 0.1) is 29.7 Å². The average Bonchev–Trinajstić information content (AvgIpc) is 3.15. The van der Waals surface area contributed by atoms with Gasteiger partial charge in [0.1, 0.15) is 5.58 Å². The van der Waals surface area contributed by atoms with Crippen LogP contribution in [0.3, 0.4) is 0 Å². The van der Waals surface area contributed by atoms with Gasteiger partial charge < -0.3 is 14.1 Å². The molecule has 6 nitrogen and oxygen atoms in total. The fraction of sp³-hybridized carbons (Fsp3) is 0.148. The number of ether oxygens (including phenoxy) is 1. The molecule has 170 valence electrons. The molecular weight excluding hydrogens is 454 g/mol. The molecule has 1 amide bonds. The second-order valence-electron chi connectivity index (χ2n) is 8.06. The number of carbonyl (C=O) groups is 2. The van der Waals surface area contributed by atoms with Crippen LogP contribution in [-0.4, -0.2) is 30.4 Å². The van der Waals surface area contributed by atoms with E-state index in [2.05, 4.69) is 0 Å². The quantitative estimate of drug-likeness (QED) is 0.380. The van der Waals surface area contributed by atoms with Crippen LogP contribution in [0.2, 0.25) is 5.02 Å². The largest absolute Gasteiger partial charge is 0.465 e. The zero-order valence-corrected chi connectivity index (χ0v) is 19.0. The van der Waals surface area contributed by atoms with Gasteiger partial charge in [0, 0.05) is 11.6 Å². The van der Waals surface area contributed by atoms with Gasteiger partial charge in [0.25, 0.3) is 5.91 Å². The standard InChI is InChI=1S/C27H20ClNO5/c1-33-27(32)18-9-7-17(8-10-18)23-22-24(30)20-15-19(28)11-12-21(20)34-25(22)26(31)29(23)14-13-16-5-3-2-4-6-16/h2-12,15,23H,13-14H2,1H3. The van der Waals surface area contributed by atoms with Gasteiger partial charge in [0.15, 0.2) is 5.43 Å². The number of amides is 1. The molecular formula is C27H20ClNO5. The van der Waals surface area contributed by atoms with Gasteiger partial charge in [-0.3, -0.25) is 9.59 Å². The Morgan fingerprint density at radius 3 is 2.47 bits per heavy atom. The van der Waals surface area contributed by atoms with Gasteiger partial charge in [-0.15, -0.1) is 0 Å². The number of rotatable bonds is 5. The molecule has 0 N–H and O–H groups in total. The van der Waals surface area contributed by atoms with E-state index in [1.165, 1.54) is 7.11 Å². The molecule has 5 rings (SSSR count). The highest BCUT2D eigenvalue weighted by atomic mass is 35.5. The van der Waals surface area contributed by atoms with Crippen molar-refractivity contribution >= 4 is 34.4 Å². The van der Waals surface area contributed by atoms with Crippen LogP contribution >= 0.6 is 11.6 Å². The third-order valence-corrected chi connectivity index (χ3v) is 6.29. The number of esters is 1. The van der Waals surface area contributed by atoms with E-state index in [4.69, 9.17) is 20.8 Å². The van der Waals surface area contributed by atoms with Gasteiger partial charge in [-0.1, -0.05) is 54.1 Å². The van der Waals surface area contributed by atoms with Crippen LogP contribution in [0.5, 0.6) is 0 Å². The van der Waals surface area contributed by atoms with E-state index < -0.39 is 12.0 Å². The topological polar surface area (TPSA) is 76.8 Å². The summed E-state index contributed by atoms with van der Waals surface area (Å²) in [7, 11) is 1.31. The van der Waals surface area contributed by atoms with Crippen molar-refractivity contribution in [2.24, 2.45) is 0 Å². The Morgan fingerprint density at radius 1 is 1.03 bits per heavy atom. The molecule has 0 saturated heterocycles. The normalized spacial score (nSPS) is 14.9. The summed E-state index contributed by atoms with van der Waals surface area (Å²) in [5.74, 6) is -0.771. The summed E-state index contributed by atoms with van der Waals surface area (Å²) in [4.78, 5) is 40.6. The number of carbonyl (C=O) groups excluding carboxylic acids is 2. The Balaban J connectivity index is 1.63. The molecule has 7 heteroatoms. The van der Waals surface area contributed by atoms with Gasteiger partial charge in [-0.25, -0.2) is 4.79 Å². The van der Waals surface area contributed by atoms with Crippen molar-refractivity contribution in [1.29, 1.82) is 0 Å². The first-order chi connectivity index (χ1) is 16.5. The maximum absolute atomic E-state index is 13.6. The molecule has 0 saturated carbocycles. The van der Waals surface area contributed by atoms with Gasteiger partial charge in [-0.2, -0.15) is 0 Å². The van der Waals surface area contributed by atoms with E-state index in [0.29, 0.717) is 40.1 Å². The monoisotopic (exact) mass is 473 g/mol. The van der Waals surface area contributed by atoms with Crippen LogP contribution in [0.4, 0.5) is 0 Å². The number of hydrogen-bond acceptors (Lipinski definition) is 5. The Bertz CT molecular complexity index is 1460.